The molecule has 1 fully saturated rings. The first-order valence-electron chi connectivity index (χ1n) is 16.6. The van der Waals surface area contributed by atoms with Crippen molar-refractivity contribution in [3.8, 4) is 0 Å². The highest BCUT2D eigenvalue weighted by molar-refractivity contribution is 4.92. The minimum atomic E-state index is 0.0909. The first kappa shape index (κ1) is 34.4. The largest absolute Gasteiger partial charge is 0.350 e. The summed E-state index contributed by atoms with van der Waals surface area (Å²) in [5.74, 6) is 0.915. The van der Waals surface area contributed by atoms with Gasteiger partial charge in [-0.05, 0) is 70.3 Å². The molecule has 1 aliphatic rings. The van der Waals surface area contributed by atoms with Crippen LogP contribution in [0.5, 0.6) is 0 Å². The molecule has 218 valence electrons. The summed E-state index contributed by atoms with van der Waals surface area (Å²) in [6.07, 6.45) is 41.7. The Labute approximate surface area is 232 Å². The molecule has 0 radical (unpaired) electrons. The summed E-state index contributed by atoms with van der Waals surface area (Å²) in [6.45, 7) is 4.69. The molecule has 3 nitrogen and oxygen atoms in total. The van der Waals surface area contributed by atoms with E-state index >= 15 is 0 Å². The lowest BCUT2D eigenvalue weighted by Crippen LogP contribution is -2.06. The van der Waals surface area contributed by atoms with Crippen LogP contribution < -0.4 is 5.73 Å². The maximum atomic E-state index is 5.81. The summed E-state index contributed by atoms with van der Waals surface area (Å²) in [5, 5.41) is 0. The lowest BCUT2D eigenvalue weighted by atomic mass is 9.90. The summed E-state index contributed by atoms with van der Waals surface area (Å²) in [4.78, 5) is 0. The average molecular weight is 520 g/mol. The van der Waals surface area contributed by atoms with Crippen LogP contribution >= 0.6 is 0 Å². The number of rotatable bonds is 28. The van der Waals surface area contributed by atoms with Gasteiger partial charge < -0.3 is 15.2 Å². The zero-order valence-electron chi connectivity index (χ0n) is 24.9. The van der Waals surface area contributed by atoms with Crippen LogP contribution in [0.1, 0.15) is 161 Å². The van der Waals surface area contributed by atoms with Crippen molar-refractivity contribution in [3.05, 3.63) is 24.3 Å². The zero-order chi connectivity index (χ0) is 26.5. The highest BCUT2D eigenvalue weighted by atomic mass is 16.7. The molecule has 1 heterocycles. The van der Waals surface area contributed by atoms with E-state index in [-0.39, 0.29) is 6.29 Å². The molecule has 1 saturated heterocycles. The van der Waals surface area contributed by atoms with Crippen molar-refractivity contribution in [2.24, 2.45) is 11.7 Å². The molecule has 37 heavy (non-hydrogen) atoms. The summed E-state index contributed by atoms with van der Waals surface area (Å²) in [7, 11) is 0. The molecule has 2 N–H and O–H groups in total. The monoisotopic (exact) mass is 520 g/mol. The number of hydrogen-bond acceptors (Lipinski definition) is 3. The van der Waals surface area contributed by atoms with Crippen molar-refractivity contribution in [1.29, 1.82) is 0 Å². The van der Waals surface area contributed by atoms with Gasteiger partial charge in [-0.25, -0.2) is 0 Å². The maximum absolute atomic E-state index is 5.81. The lowest BCUT2D eigenvalue weighted by molar-refractivity contribution is -0.0480. The minimum Gasteiger partial charge on any atom is -0.350 e. The van der Waals surface area contributed by atoms with Crippen molar-refractivity contribution >= 4 is 0 Å². The van der Waals surface area contributed by atoms with Gasteiger partial charge in [-0.3, -0.25) is 0 Å². The molecule has 3 heteroatoms. The fraction of sp³-hybridized carbons (Fsp3) is 0.882. The summed E-state index contributed by atoms with van der Waals surface area (Å²) in [6, 6.07) is 0. The fourth-order valence-electron chi connectivity index (χ4n) is 5.46. The van der Waals surface area contributed by atoms with Crippen molar-refractivity contribution < 1.29 is 9.47 Å². The van der Waals surface area contributed by atoms with Crippen molar-refractivity contribution in [2.75, 3.05) is 19.8 Å². The molecule has 1 atom stereocenters. The Balaban J connectivity index is 1.88. The quantitative estimate of drug-likeness (QED) is 0.0825. The molecule has 1 aliphatic heterocycles. The van der Waals surface area contributed by atoms with E-state index in [2.05, 4.69) is 31.2 Å². The standard InChI is InChI=1S/C34H65NO2/c1-2-3-4-5-6-7-8-9-10-11-12-13-14-15-16-19-22-26-33(28-25-30-35)27-23-20-17-18-21-24-29-34-36-31-32-37-34/h6-7,9-10,33-34H,2-5,8,11-32,35H2,1H3/b7-6-,10-9-. The summed E-state index contributed by atoms with van der Waals surface area (Å²) in [5.41, 5.74) is 5.81. The first-order chi connectivity index (χ1) is 18.4. The van der Waals surface area contributed by atoms with Crippen LogP contribution in [0.3, 0.4) is 0 Å². The molecule has 0 bridgehead atoms. The number of unbranched alkanes of at least 4 members (excludes halogenated alkanes) is 15. The van der Waals surface area contributed by atoms with E-state index in [4.69, 9.17) is 15.2 Å². The Morgan fingerprint density at radius 3 is 1.65 bits per heavy atom. The normalized spacial score (nSPS) is 15.5. The average Bonchev–Trinajstić information content (AvgIpc) is 3.43. The van der Waals surface area contributed by atoms with Crippen LogP contribution in [-0.4, -0.2) is 26.0 Å². The van der Waals surface area contributed by atoms with Gasteiger partial charge in [0.25, 0.3) is 0 Å². The van der Waals surface area contributed by atoms with Crippen LogP contribution in [0.15, 0.2) is 24.3 Å². The molecule has 0 aliphatic carbocycles. The van der Waals surface area contributed by atoms with Gasteiger partial charge in [0.05, 0.1) is 13.2 Å². The second-order valence-corrected chi connectivity index (χ2v) is 11.4. The number of nitrogens with two attached hydrogens (primary N) is 1. The Kier molecular flexibility index (Phi) is 26.4. The van der Waals surface area contributed by atoms with Gasteiger partial charge >= 0.3 is 0 Å². The fourth-order valence-corrected chi connectivity index (χ4v) is 5.46. The van der Waals surface area contributed by atoms with Crippen molar-refractivity contribution in [2.45, 2.75) is 167 Å². The molecule has 1 rings (SSSR count). The van der Waals surface area contributed by atoms with Gasteiger partial charge in [-0.1, -0.05) is 128 Å². The van der Waals surface area contributed by atoms with E-state index in [0.29, 0.717) is 0 Å². The molecular formula is C34H65NO2. The second-order valence-electron chi connectivity index (χ2n) is 11.4. The highest BCUT2D eigenvalue weighted by Crippen LogP contribution is 2.23. The molecule has 0 amide bonds. The number of ether oxygens (including phenoxy) is 2. The molecule has 0 aromatic carbocycles. The SMILES string of the molecule is CCCCC/C=C\C/C=C\CCCCCCCCCC(CCCN)CCCCCCCCC1OCCO1. The Morgan fingerprint density at radius 2 is 1.08 bits per heavy atom. The zero-order valence-corrected chi connectivity index (χ0v) is 24.9. The maximum Gasteiger partial charge on any atom is 0.157 e. The van der Waals surface area contributed by atoms with E-state index in [1.165, 1.54) is 141 Å². The molecular weight excluding hydrogens is 454 g/mol. The smallest absolute Gasteiger partial charge is 0.157 e. The van der Waals surface area contributed by atoms with Crippen LogP contribution in [0.2, 0.25) is 0 Å². The third kappa shape index (κ3) is 24.2. The topological polar surface area (TPSA) is 44.5 Å². The minimum absolute atomic E-state index is 0.0909. The molecule has 0 aromatic heterocycles. The van der Waals surface area contributed by atoms with Crippen LogP contribution in [-0.2, 0) is 9.47 Å². The Morgan fingerprint density at radius 1 is 0.595 bits per heavy atom. The van der Waals surface area contributed by atoms with Gasteiger partial charge in [0.15, 0.2) is 6.29 Å². The Hall–Kier alpha value is -0.640. The van der Waals surface area contributed by atoms with E-state index in [9.17, 15) is 0 Å². The summed E-state index contributed by atoms with van der Waals surface area (Å²) < 4.78 is 11.0. The summed E-state index contributed by atoms with van der Waals surface area (Å²) >= 11 is 0. The van der Waals surface area contributed by atoms with Gasteiger partial charge in [-0.2, -0.15) is 0 Å². The van der Waals surface area contributed by atoms with Crippen LogP contribution in [0.25, 0.3) is 0 Å². The predicted molar refractivity (Wildman–Crippen MR) is 163 cm³/mol. The van der Waals surface area contributed by atoms with E-state index in [1.54, 1.807) is 0 Å². The van der Waals surface area contributed by atoms with Gasteiger partial charge in [0.1, 0.15) is 0 Å². The predicted octanol–water partition coefficient (Wildman–Crippen LogP) is 10.4. The third-order valence-electron chi connectivity index (χ3n) is 7.87. The van der Waals surface area contributed by atoms with Gasteiger partial charge in [0, 0.05) is 0 Å². The second kappa shape index (κ2) is 28.4. The molecule has 0 saturated carbocycles. The first-order valence-corrected chi connectivity index (χ1v) is 16.6. The molecule has 0 aromatic rings. The van der Waals surface area contributed by atoms with Gasteiger partial charge in [-0.15, -0.1) is 0 Å². The number of allylic oxidation sites excluding steroid dienone is 4. The van der Waals surface area contributed by atoms with Gasteiger partial charge in [0.2, 0.25) is 0 Å². The highest BCUT2D eigenvalue weighted by Gasteiger charge is 2.14. The molecule has 0 spiro atoms. The lowest BCUT2D eigenvalue weighted by Gasteiger charge is -2.16. The van der Waals surface area contributed by atoms with Crippen LogP contribution in [0, 0.1) is 5.92 Å². The molecule has 1 unspecified atom stereocenters. The number of hydrogen-bond donors (Lipinski definition) is 1. The Bertz CT molecular complexity index is 498. The van der Waals surface area contributed by atoms with E-state index < -0.39 is 0 Å². The van der Waals surface area contributed by atoms with E-state index in [1.807, 2.05) is 0 Å². The third-order valence-corrected chi connectivity index (χ3v) is 7.87. The van der Waals surface area contributed by atoms with Crippen molar-refractivity contribution in [3.63, 3.8) is 0 Å². The van der Waals surface area contributed by atoms with Crippen molar-refractivity contribution in [1.82, 2.24) is 0 Å². The van der Waals surface area contributed by atoms with E-state index in [0.717, 1.165) is 38.5 Å². The van der Waals surface area contributed by atoms with Crippen LogP contribution in [0.4, 0.5) is 0 Å².